The number of hydrogen-bond donors (Lipinski definition) is 0. The van der Waals surface area contributed by atoms with E-state index in [9.17, 15) is 4.79 Å². The van der Waals surface area contributed by atoms with E-state index in [4.69, 9.17) is 4.52 Å². The summed E-state index contributed by atoms with van der Waals surface area (Å²) in [5.41, 5.74) is 0. The van der Waals surface area contributed by atoms with Gasteiger partial charge in [0.15, 0.2) is 5.82 Å². The van der Waals surface area contributed by atoms with Crippen LogP contribution in [0.15, 0.2) is 4.52 Å². The van der Waals surface area contributed by atoms with Crippen molar-refractivity contribution in [1.29, 1.82) is 0 Å². The fourth-order valence-corrected chi connectivity index (χ4v) is 2.29. The Bertz CT molecular complexity index is 373. The molecular formula is C13H20N2O2. The molecule has 0 aromatic carbocycles. The highest BCUT2D eigenvalue weighted by molar-refractivity contribution is 5.81. The lowest BCUT2D eigenvalue weighted by molar-refractivity contribution is -0.124. The number of aromatic nitrogens is 2. The lowest BCUT2D eigenvalue weighted by Gasteiger charge is -2.18. The highest BCUT2D eigenvalue weighted by atomic mass is 16.5. The molecule has 4 nitrogen and oxygen atoms in total. The van der Waals surface area contributed by atoms with E-state index < -0.39 is 0 Å². The average Bonchev–Trinajstić information content (AvgIpc) is 2.77. The van der Waals surface area contributed by atoms with Crippen LogP contribution in [0.5, 0.6) is 0 Å². The third-order valence-corrected chi connectivity index (χ3v) is 3.37. The first-order valence-electron chi connectivity index (χ1n) is 6.63. The number of rotatable bonds is 5. The summed E-state index contributed by atoms with van der Waals surface area (Å²) in [6.45, 7) is 2.14. The molecule has 0 N–H and O–H groups in total. The van der Waals surface area contributed by atoms with Crippen molar-refractivity contribution in [2.75, 3.05) is 0 Å². The highest BCUT2D eigenvalue weighted by Crippen LogP contribution is 2.23. The number of nitrogens with zero attached hydrogens (tertiary/aromatic N) is 2. The van der Waals surface area contributed by atoms with Crippen molar-refractivity contribution in [3.05, 3.63) is 11.7 Å². The summed E-state index contributed by atoms with van der Waals surface area (Å²) in [7, 11) is 0. The Balaban J connectivity index is 1.89. The summed E-state index contributed by atoms with van der Waals surface area (Å²) in [5, 5.41) is 3.95. The van der Waals surface area contributed by atoms with Crippen molar-refractivity contribution in [2.45, 2.75) is 58.3 Å². The molecule has 2 rings (SSSR count). The third-order valence-electron chi connectivity index (χ3n) is 3.37. The largest absolute Gasteiger partial charge is 0.339 e. The van der Waals surface area contributed by atoms with E-state index in [0.717, 1.165) is 50.8 Å². The van der Waals surface area contributed by atoms with Gasteiger partial charge >= 0.3 is 0 Å². The van der Waals surface area contributed by atoms with Gasteiger partial charge in [0.05, 0.1) is 0 Å². The SMILES string of the molecule is CCCCc1noc(CC2CCCCC2=O)n1. The normalized spacial score (nSPS) is 20.8. The lowest BCUT2D eigenvalue weighted by atomic mass is 9.86. The maximum absolute atomic E-state index is 11.7. The van der Waals surface area contributed by atoms with Crippen LogP contribution >= 0.6 is 0 Å². The van der Waals surface area contributed by atoms with Gasteiger partial charge in [-0.1, -0.05) is 24.9 Å². The first-order valence-corrected chi connectivity index (χ1v) is 6.63. The summed E-state index contributed by atoms with van der Waals surface area (Å²) in [4.78, 5) is 16.0. The maximum Gasteiger partial charge on any atom is 0.227 e. The Kier molecular flexibility index (Phi) is 4.29. The van der Waals surface area contributed by atoms with Gasteiger partial charge in [0.1, 0.15) is 5.78 Å². The van der Waals surface area contributed by atoms with Gasteiger partial charge < -0.3 is 4.52 Å². The van der Waals surface area contributed by atoms with E-state index >= 15 is 0 Å². The lowest BCUT2D eigenvalue weighted by Crippen LogP contribution is -2.21. The van der Waals surface area contributed by atoms with Crippen LogP contribution in [0.2, 0.25) is 0 Å². The molecular weight excluding hydrogens is 216 g/mol. The predicted molar refractivity (Wildman–Crippen MR) is 63.6 cm³/mol. The van der Waals surface area contributed by atoms with Crippen molar-refractivity contribution in [2.24, 2.45) is 5.92 Å². The zero-order valence-electron chi connectivity index (χ0n) is 10.4. The summed E-state index contributed by atoms with van der Waals surface area (Å²) in [6.07, 6.45) is 7.62. The average molecular weight is 236 g/mol. The van der Waals surface area contributed by atoms with Crippen LogP contribution in [0.1, 0.15) is 57.2 Å². The van der Waals surface area contributed by atoms with E-state index in [2.05, 4.69) is 17.1 Å². The highest BCUT2D eigenvalue weighted by Gasteiger charge is 2.24. The van der Waals surface area contributed by atoms with Gasteiger partial charge in [-0.3, -0.25) is 4.79 Å². The molecule has 0 spiro atoms. The molecule has 1 saturated carbocycles. The van der Waals surface area contributed by atoms with E-state index in [1.54, 1.807) is 0 Å². The van der Waals surface area contributed by atoms with Crippen LogP contribution in [-0.2, 0) is 17.6 Å². The van der Waals surface area contributed by atoms with Crippen LogP contribution in [0.25, 0.3) is 0 Å². The zero-order valence-corrected chi connectivity index (χ0v) is 10.4. The van der Waals surface area contributed by atoms with Gasteiger partial charge in [0.25, 0.3) is 0 Å². The smallest absolute Gasteiger partial charge is 0.227 e. The van der Waals surface area contributed by atoms with E-state index in [1.807, 2.05) is 0 Å². The third kappa shape index (κ3) is 3.38. The van der Waals surface area contributed by atoms with Gasteiger partial charge in [-0.25, -0.2) is 0 Å². The van der Waals surface area contributed by atoms with Gasteiger partial charge in [-0.05, 0) is 19.3 Å². The number of aryl methyl sites for hydroxylation is 1. The van der Waals surface area contributed by atoms with E-state index in [-0.39, 0.29) is 5.92 Å². The molecule has 1 aromatic heterocycles. The minimum Gasteiger partial charge on any atom is -0.339 e. The molecule has 1 aliphatic carbocycles. The Morgan fingerprint density at radius 1 is 1.41 bits per heavy atom. The molecule has 0 radical (unpaired) electrons. The molecule has 0 bridgehead atoms. The van der Waals surface area contributed by atoms with Crippen molar-refractivity contribution >= 4 is 5.78 Å². The summed E-state index contributed by atoms with van der Waals surface area (Å²) in [5.74, 6) is 1.90. The van der Waals surface area contributed by atoms with Crippen LogP contribution in [0, 0.1) is 5.92 Å². The van der Waals surface area contributed by atoms with Crippen LogP contribution in [-0.4, -0.2) is 15.9 Å². The minimum atomic E-state index is 0.114. The van der Waals surface area contributed by atoms with Crippen molar-refractivity contribution in [3.63, 3.8) is 0 Å². The van der Waals surface area contributed by atoms with E-state index in [1.165, 1.54) is 0 Å². The molecule has 1 atom stereocenters. The van der Waals surface area contributed by atoms with Gasteiger partial charge in [-0.2, -0.15) is 4.98 Å². The first-order chi connectivity index (χ1) is 8.29. The topological polar surface area (TPSA) is 56.0 Å². The molecule has 1 unspecified atom stereocenters. The fourth-order valence-electron chi connectivity index (χ4n) is 2.29. The molecule has 0 amide bonds. The Labute approximate surface area is 102 Å². The van der Waals surface area contributed by atoms with Crippen molar-refractivity contribution in [1.82, 2.24) is 10.1 Å². The number of carbonyl (C=O) groups excluding carboxylic acids is 1. The molecule has 0 aliphatic heterocycles. The second-order valence-electron chi connectivity index (χ2n) is 4.82. The molecule has 4 heteroatoms. The Morgan fingerprint density at radius 3 is 3.06 bits per heavy atom. The quantitative estimate of drug-likeness (QED) is 0.788. The zero-order chi connectivity index (χ0) is 12.1. The molecule has 1 fully saturated rings. The van der Waals surface area contributed by atoms with Crippen molar-refractivity contribution < 1.29 is 9.32 Å². The summed E-state index contributed by atoms with van der Waals surface area (Å²) in [6, 6.07) is 0. The molecule has 94 valence electrons. The Hall–Kier alpha value is -1.19. The molecule has 1 aromatic rings. The monoisotopic (exact) mass is 236 g/mol. The number of unbranched alkanes of at least 4 members (excludes halogenated alkanes) is 1. The van der Waals surface area contributed by atoms with E-state index in [0.29, 0.717) is 18.1 Å². The van der Waals surface area contributed by atoms with Crippen molar-refractivity contribution in [3.8, 4) is 0 Å². The number of Topliss-reactive ketones (excluding diaryl/α,β-unsaturated/α-hetero) is 1. The Morgan fingerprint density at radius 2 is 2.29 bits per heavy atom. The van der Waals surface area contributed by atoms with Crippen LogP contribution in [0.4, 0.5) is 0 Å². The summed E-state index contributed by atoms with van der Waals surface area (Å²) < 4.78 is 5.20. The molecule has 1 heterocycles. The first kappa shape index (κ1) is 12.3. The second-order valence-corrected chi connectivity index (χ2v) is 4.82. The molecule has 0 saturated heterocycles. The van der Waals surface area contributed by atoms with Gasteiger partial charge in [0, 0.05) is 25.2 Å². The maximum atomic E-state index is 11.7. The molecule has 1 aliphatic rings. The minimum absolute atomic E-state index is 0.114. The molecule has 17 heavy (non-hydrogen) atoms. The standard InChI is InChI=1S/C13H20N2O2/c1-2-3-8-12-14-13(17-15-12)9-10-6-4-5-7-11(10)16/h10H,2-9H2,1H3. The number of hydrogen-bond acceptors (Lipinski definition) is 4. The van der Waals surface area contributed by atoms with Crippen LogP contribution in [0.3, 0.4) is 0 Å². The number of carbonyl (C=O) groups is 1. The van der Waals surface area contributed by atoms with Gasteiger partial charge in [-0.15, -0.1) is 0 Å². The van der Waals surface area contributed by atoms with Gasteiger partial charge in [0.2, 0.25) is 5.89 Å². The fraction of sp³-hybridized carbons (Fsp3) is 0.769. The predicted octanol–water partition coefficient (Wildman–Crippen LogP) is 2.71. The van der Waals surface area contributed by atoms with Crippen LogP contribution < -0.4 is 0 Å². The second kappa shape index (κ2) is 5.94. The summed E-state index contributed by atoms with van der Waals surface area (Å²) >= 11 is 0. The number of ketones is 1.